The molecule has 0 saturated carbocycles. The number of hydrogen-bond acceptors (Lipinski definition) is 8. The maximum atomic E-state index is 11.5. The first kappa shape index (κ1) is 23.4. The first-order valence-electron chi connectivity index (χ1n) is 9.44. The summed E-state index contributed by atoms with van der Waals surface area (Å²) in [5.41, 5.74) is 2.79. The molecule has 11 nitrogen and oxygen atoms in total. The number of nitrogens with zero attached hydrogens (tertiary/aromatic N) is 2. The lowest BCUT2D eigenvalue weighted by Crippen LogP contribution is -1.99. The van der Waals surface area contributed by atoms with Crippen LogP contribution in [0.1, 0.15) is 12.5 Å². The molecule has 0 aliphatic rings. The first-order chi connectivity index (χ1) is 15.3. The minimum Gasteiger partial charge on any atom is -0.493 e. The molecule has 1 aromatic heterocycles. The van der Waals surface area contributed by atoms with Crippen molar-refractivity contribution >= 4 is 7.82 Å². The van der Waals surface area contributed by atoms with Crippen LogP contribution in [0.15, 0.2) is 24.3 Å². The van der Waals surface area contributed by atoms with E-state index in [-0.39, 0.29) is 11.5 Å². The van der Waals surface area contributed by atoms with E-state index in [0.717, 1.165) is 0 Å². The Bertz CT molecular complexity index is 1130. The molecule has 0 fully saturated rings. The van der Waals surface area contributed by atoms with Crippen LogP contribution in [-0.2, 0) is 11.0 Å². The number of benzene rings is 2. The summed E-state index contributed by atoms with van der Waals surface area (Å²) in [5.74, 6) is 1.44. The molecule has 1 heterocycles. The molecule has 2 aromatic carbocycles. The minimum absolute atomic E-state index is 0.0966. The molecule has 0 amide bonds. The normalized spacial score (nSPS) is 11.2. The van der Waals surface area contributed by atoms with Crippen LogP contribution in [-0.4, -0.2) is 53.6 Å². The lowest BCUT2D eigenvalue weighted by atomic mass is 10.0. The molecule has 0 spiro atoms. The predicted octanol–water partition coefficient (Wildman–Crippen LogP) is 3.21. The van der Waals surface area contributed by atoms with Gasteiger partial charge >= 0.3 is 7.82 Å². The SMILES string of the molecule is CCc1cc(-c2[nH]nnc2-c2cc(OC)c(OC)c(OC)c2)cc(OP(=O)(O)O)c1OC. The third-order valence-electron chi connectivity index (χ3n) is 4.71. The van der Waals surface area contributed by atoms with Crippen molar-refractivity contribution in [3.63, 3.8) is 0 Å². The van der Waals surface area contributed by atoms with Gasteiger partial charge < -0.3 is 23.5 Å². The van der Waals surface area contributed by atoms with Crippen LogP contribution in [0, 0.1) is 0 Å². The number of phosphoric acid groups is 1. The highest BCUT2D eigenvalue weighted by atomic mass is 31.2. The van der Waals surface area contributed by atoms with Gasteiger partial charge in [-0.2, -0.15) is 0 Å². The number of phosphoric ester groups is 1. The van der Waals surface area contributed by atoms with E-state index in [0.29, 0.717) is 51.7 Å². The van der Waals surface area contributed by atoms with Crippen LogP contribution in [0.25, 0.3) is 22.5 Å². The van der Waals surface area contributed by atoms with Crippen molar-refractivity contribution < 1.29 is 37.8 Å². The largest absolute Gasteiger partial charge is 0.524 e. The maximum absolute atomic E-state index is 11.5. The average Bonchev–Trinajstić information content (AvgIpc) is 3.26. The number of aryl methyl sites for hydroxylation is 1. The van der Waals surface area contributed by atoms with Crippen LogP contribution in [0.3, 0.4) is 0 Å². The van der Waals surface area contributed by atoms with Crippen LogP contribution >= 0.6 is 7.82 Å². The monoisotopic (exact) mass is 465 g/mol. The van der Waals surface area contributed by atoms with Gasteiger partial charge in [0.2, 0.25) is 5.75 Å². The molecule has 32 heavy (non-hydrogen) atoms. The van der Waals surface area contributed by atoms with Crippen LogP contribution in [0.4, 0.5) is 0 Å². The molecular weight excluding hydrogens is 441 g/mol. The highest BCUT2D eigenvalue weighted by molar-refractivity contribution is 7.46. The van der Waals surface area contributed by atoms with Gasteiger partial charge in [-0.05, 0) is 36.2 Å². The van der Waals surface area contributed by atoms with Gasteiger partial charge in [0.15, 0.2) is 23.0 Å². The Kier molecular flexibility index (Phi) is 6.93. The third kappa shape index (κ3) is 4.64. The molecule has 0 bridgehead atoms. The van der Waals surface area contributed by atoms with Crippen molar-refractivity contribution in [1.82, 2.24) is 15.4 Å². The molecule has 0 atom stereocenters. The maximum Gasteiger partial charge on any atom is 0.524 e. The summed E-state index contributed by atoms with van der Waals surface area (Å²) in [5, 5.41) is 10.9. The molecule has 12 heteroatoms. The summed E-state index contributed by atoms with van der Waals surface area (Å²) < 4.78 is 37.9. The Morgan fingerprint density at radius 3 is 1.97 bits per heavy atom. The Balaban J connectivity index is 2.20. The van der Waals surface area contributed by atoms with Crippen LogP contribution in [0.2, 0.25) is 0 Å². The second-order valence-electron chi connectivity index (χ2n) is 6.55. The van der Waals surface area contributed by atoms with E-state index in [4.69, 9.17) is 23.5 Å². The zero-order valence-electron chi connectivity index (χ0n) is 18.2. The van der Waals surface area contributed by atoms with Gasteiger partial charge in [0.05, 0.1) is 34.1 Å². The number of hydrogen-bond donors (Lipinski definition) is 3. The third-order valence-corrected chi connectivity index (χ3v) is 5.14. The number of methoxy groups -OCH3 is 4. The van der Waals surface area contributed by atoms with E-state index >= 15 is 0 Å². The second kappa shape index (κ2) is 9.47. The Morgan fingerprint density at radius 1 is 0.875 bits per heavy atom. The van der Waals surface area contributed by atoms with Gasteiger partial charge in [-0.1, -0.05) is 12.1 Å². The smallest absolute Gasteiger partial charge is 0.493 e. The molecule has 0 aliphatic heterocycles. The van der Waals surface area contributed by atoms with E-state index in [1.807, 2.05) is 13.0 Å². The van der Waals surface area contributed by atoms with Gasteiger partial charge in [0.1, 0.15) is 5.69 Å². The molecule has 172 valence electrons. The van der Waals surface area contributed by atoms with Gasteiger partial charge in [0.25, 0.3) is 0 Å². The van der Waals surface area contributed by atoms with Crippen molar-refractivity contribution in [2.24, 2.45) is 0 Å². The van der Waals surface area contributed by atoms with Crippen LogP contribution < -0.4 is 23.5 Å². The van der Waals surface area contributed by atoms with Crippen molar-refractivity contribution in [1.29, 1.82) is 0 Å². The summed E-state index contributed by atoms with van der Waals surface area (Å²) in [7, 11) is 1.10. The van der Waals surface area contributed by atoms with Crippen molar-refractivity contribution in [2.45, 2.75) is 13.3 Å². The molecule has 0 radical (unpaired) electrons. The lowest BCUT2D eigenvalue weighted by molar-refractivity contribution is 0.276. The summed E-state index contributed by atoms with van der Waals surface area (Å²) >= 11 is 0. The fourth-order valence-corrected chi connectivity index (χ4v) is 3.74. The molecule has 0 aliphatic carbocycles. The van der Waals surface area contributed by atoms with Crippen molar-refractivity contribution in [3.8, 4) is 51.3 Å². The van der Waals surface area contributed by atoms with Crippen molar-refractivity contribution in [3.05, 3.63) is 29.8 Å². The van der Waals surface area contributed by atoms with E-state index in [2.05, 4.69) is 15.4 Å². The first-order valence-corrected chi connectivity index (χ1v) is 11.0. The van der Waals surface area contributed by atoms with Crippen LogP contribution in [0.5, 0.6) is 28.7 Å². The Hall–Kier alpha value is -3.27. The number of H-pyrrole nitrogens is 1. The number of ether oxygens (including phenoxy) is 4. The number of nitrogens with one attached hydrogen (secondary N) is 1. The standard InChI is InChI=1S/C20H24N3O8P/c1-6-11-7-12(10-16(19(11)29-4)31-32(24,25)26)17-18(22-23-21-17)13-8-14(27-2)20(30-5)15(9-13)28-3/h7-10H,6H2,1-5H3,(H,21,22,23)(H2,24,25,26). The summed E-state index contributed by atoms with van der Waals surface area (Å²) in [6.45, 7) is 1.88. The highest BCUT2D eigenvalue weighted by Crippen LogP contribution is 2.47. The minimum atomic E-state index is -4.82. The zero-order chi connectivity index (χ0) is 23.5. The number of aromatic nitrogens is 3. The average molecular weight is 465 g/mol. The molecule has 3 rings (SSSR count). The van der Waals surface area contributed by atoms with Gasteiger partial charge in [-0.15, -0.1) is 5.10 Å². The zero-order valence-corrected chi connectivity index (χ0v) is 19.1. The van der Waals surface area contributed by atoms with E-state index < -0.39 is 7.82 Å². The number of rotatable bonds is 9. The van der Waals surface area contributed by atoms with Gasteiger partial charge in [-0.25, -0.2) is 4.57 Å². The summed E-state index contributed by atoms with van der Waals surface area (Å²) in [4.78, 5) is 18.7. The molecular formula is C20H24N3O8P. The topological polar surface area (TPSA) is 145 Å². The second-order valence-corrected chi connectivity index (χ2v) is 7.72. The van der Waals surface area contributed by atoms with E-state index in [1.54, 1.807) is 12.1 Å². The predicted molar refractivity (Wildman–Crippen MR) is 116 cm³/mol. The lowest BCUT2D eigenvalue weighted by Gasteiger charge is -2.16. The molecule has 3 aromatic rings. The Morgan fingerprint density at radius 2 is 1.47 bits per heavy atom. The van der Waals surface area contributed by atoms with Crippen molar-refractivity contribution in [2.75, 3.05) is 28.4 Å². The van der Waals surface area contributed by atoms with Gasteiger partial charge in [-0.3, -0.25) is 14.9 Å². The summed E-state index contributed by atoms with van der Waals surface area (Å²) in [6, 6.07) is 6.70. The summed E-state index contributed by atoms with van der Waals surface area (Å²) in [6.07, 6.45) is 0.523. The Labute approximate surface area is 184 Å². The van der Waals surface area contributed by atoms with E-state index in [1.165, 1.54) is 34.5 Å². The fourth-order valence-electron chi connectivity index (χ4n) is 3.34. The fraction of sp³-hybridized carbons (Fsp3) is 0.300. The molecule has 0 unspecified atom stereocenters. The van der Waals surface area contributed by atoms with Gasteiger partial charge in [0, 0.05) is 11.1 Å². The van der Waals surface area contributed by atoms with E-state index in [9.17, 15) is 14.4 Å². The quantitative estimate of drug-likeness (QED) is 0.403. The molecule has 0 saturated heterocycles. The number of aromatic amines is 1. The molecule has 3 N–H and O–H groups in total. The highest BCUT2D eigenvalue weighted by Gasteiger charge is 2.24.